The maximum atomic E-state index is 14.2. The first-order valence-electron chi connectivity index (χ1n) is 7.61. The van der Waals surface area contributed by atoms with Gasteiger partial charge < -0.3 is 10.6 Å². The minimum atomic E-state index is -1.09. The predicted molar refractivity (Wildman–Crippen MR) is 84.8 cm³/mol. The Morgan fingerprint density at radius 3 is 2.55 bits per heavy atom. The van der Waals surface area contributed by atoms with Crippen molar-refractivity contribution in [2.45, 2.75) is 38.9 Å². The summed E-state index contributed by atoms with van der Waals surface area (Å²) in [4.78, 5) is 12.0. The number of hydrogen-bond donors (Lipinski definition) is 2. The van der Waals surface area contributed by atoms with E-state index in [0.29, 0.717) is 24.4 Å². The van der Waals surface area contributed by atoms with Crippen molar-refractivity contribution in [3.63, 3.8) is 0 Å². The van der Waals surface area contributed by atoms with Crippen molar-refractivity contribution in [2.24, 2.45) is 5.92 Å². The number of amides is 1. The Morgan fingerprint density at radius 1 is 1.27 bits per heavy atom. The number of benzene rings is 1. The van der Waals surface area contributed by atoms with Crippen LogP contribution in [-0.4, -0.2) is 25.0 Å². The second-order valence-electron chi connectivity index (χ2n) is 5.69. The molecule has 2 unspecified atom stereocenters. The number of nitrogens with zero attached hydrogens (tertiary/aromatic N) is 1. The van der Waals surface area contributed by atoms with Gasteiger partial charge in [-0.15, -0.1) is 0 Å². The Balaban J connectivity index is 2.55. The molecule has 1 amide bonds. The Hall–Kier alpha value is -1.93. The van der Waals surface area contributed by atoms with Crippen molar-refractivity contribution in [1.82, 2.24) is 10.6 Å². The Bertz CT molecular complexity index is 484. The van der Waals surface area contributed by atoms with Crippen LogP contribution < -0.4 is 10.6 Å². The van der Waals surface area contributed by atoms with E-state index < -0.39 is 12.2 Å². The van der Waals surface area contributed by atoms with Gasteiger partial charge in [-0.2, -0.15) is 5.26 Å². The van der Waals surface area contributed by atoms with Gasteiger partial charge in [-0.1, -0.05) is 44.2 Å². The highest BCUT2D eigenvalue weighted by atomic mass is 19.1. The van der Waals surface area contributed by atoms with Crippen molar-refractivity contribution in [3.05, 3.63) is 35.9 Å². The van der Waals surface area contributed by atoms with Crippen LogP contribution in [0.3, 0.4) is 0 Å². The molecule has 5 heteroatoms. The lowest BCUT2D eigenvalue weighted by Crippen LogP contribution is -2.45. The van der Waals surface area contributed by atoms with E-state index in [4.69, 9.17) is 5.26 Å². The van der Waals surface area contributed by atoms with Gasteiger partial charge in [0.2, 0.25) is 5.91 Å². The van der Waals surface area contributed by atoms with Gasteiger partial charge in [0.1, 0.15) is 12.7 Å². The number of carbonyl (C=O) groups excluding carboxylic acids is 1. The van der Waals surface area contributed by atoms with Crippen molar-refractivity contribution < 1.29 is 9.18 Å². The second-order valence-corrected chi connectivity index (χ2v) is 5.69. The van der Waals surface area contributed by atoms with Gasteiger partial charge in [-0.25, -0.2) is 4.39 Å². The molecule has 0 aliphatic rings. The van der Waals surface area contributed by atoms with E-state index in [9.17, 15) is 9.18 Å². The van der Waals surface area contributed by atoms with Gasteiger partial charge >= 0.3 is 0 Å². The van der Waals surface area contributed by atoms with Crippen molar-refractivity contribution >= 4 is 5.91 Å². The zero-order valence-corrected chi connectivity index (χ0v) is 13.2. The Labute approximate surface area is 131 Å². The minimum Gasteiger partial charge on any atom is -0.342 e. The molecular formula is C17H24FN3O. The average Bonchev–Trinajstić information content (AvgIpc) is 2.52. The summed E-state index contributed by atoms with van der Waals surface area (Å²) in [6.07, 6.45) is -0.437. The molecule has 1 aromatic carbocycles. The summed E-state index contributed by atoms with van der Waals surface area (Å²) in [6, 6.07) is 10.3. The summed E-state index contributed by atoms with van der Waals surface area (Å²) in [6.45, 7) is 4.72. The molecule has 0 saturated heterocycles. The smallest absolute Gasteiger partial charge is 0.237 e. The van der Waals surface area contributed by atoms with Gasteiger partial charge in [0.05, 0.1) is 12.1 Å². The van der Waals surface area contributed by atoms with Crippen molar-refractivity contribution in [1.29, 1.82) is 5.26 Å². The Morgan fingerprint density at radius 2 is 1.95 bits per heavy atom. The van der Waals surface area contributed by atoms with E-state index in [-0.39, 0.29) is 18.9 Å². The minimum absolute atomic E-state index is 0.0313. The van der Waals surface area contributed by atoms with Gasteiger partial charge in [-0.05, 0) is 30.9 Å². The van der Waals surface area contributed by atoms with E-state index in [1.165, 1.54) is 0 Å². The molecule has 22 heavy (non-hydrogen) atoms. The zero-order chi connectivity index (χ0) is 16.4. The molecule has 120 valence electrons. The maximum Gasteiger partial charge on any atom is 0.237 e. The molecule has 0 aromatic heterocycles. The summed E-state index contributed by atoms with van der Waals surface area (Å²) in [5.41, 5.74) is 0.627. The third-order valence-corrected chi connectivity index (χ3v) is 3.30. The van der Waals surface area contributed by atoms with Gasteiger partial charge in [0.15, 0.2) is 0 Å². The van der Waals surface area contributed by atoms with E-state index in [1.807, 2.05) is 26.0 Å². The Kier molecular flexibility index (Phi) is 8.16. The maximum absolute atomic E-state index is 14.2. The number of nitrogens with one attached hydrogen (secondary N) is 2. The quantitative estimate of drug-likeness (QED) is 0.689. The van der Waals surface area contributed by atoms with Gasteiger partial charge in [-0.3, -0.25) is 4.79 Å². The molecule has 0 bridgehead atoms. The van der Waals surface area contributed by atoms with E-state index in [1.54, 1.807) is 24.3 Å². The molecule has 1 aromatic rings. The molecule has 0 saturated carbocycles. The first kappa shape index (κ1) is 18.1. The van der Waals surface area contributed by atoms with Crippen LogP contribution in [0.4, 0.5) is 4.39 Å². The summed E-state index contributed by atoms with van der Waals surface area (Å²) >= 11 is 0. The molecule has 4 nitrogen and oxygen atoms in total. The predicted octanol–water partition coefficient (Wildman–Crippen LogP) is 2.73. The molecule has 0 aliphatic heterocycles. The number of rotatable bonds is 9. The first-order valence-corrected chi connectivity index (χ1v) is 7.61. The number of carbonyl (C=O) groups is 1. The van der Waals surface area contributed by atoms with Crippen LogP contribution in [-0.2, 0) is 4.79 Å². The molecule has 2 N–H and O–H groups in total. The zero-order valence-electron chi connectivity index (χ0n) is 13.2. The lowest BCUT2D eigenvalue weighted by atomic mass is 10.0. The van der Waals surface area contributed by atoms with Crippen LogP contribution >= 0.6 is 0 Å². The van der Waals surface area contributed by atoms with Crippen LogP contribution in [0.5, 0.6) is 0 Å². The lowest BCUT2D eigenvalue weighted by Gasteiger charge is -2.20. The van der Waals surface area contributed by atoms with Crippen LogP contribution in [0.25, 0.3) is 0 Å². The largest absolute Gasteiger partial charge is 0.342 e. The summed E-state index contributed by atoms with van der Waals surface area (Å²) in [5, 5.41) is 14.2. The third kappa shape index (κ3) is 6.68. The van der Waals surface area contributed by atoms with Crippen LogP contribution in [0.1, 0.15) is 38.4 Å². The number of hydrogen-bond acceptors (Lipinski definition) is 3. The van der Waals surface area contributed by atoms with E-state index in [2.05, 4.69) is 10.6 Å². The van der Waals surface area contributed by atoms with Crippen molar-refractivity contribution in [2.75, 3.05) is 13.1 Å². The molecular weight excluding hydrogens is 281 g/mol. The fraction of sp³-hybridized carbons (Fsp3) is 0.529. The highest BCUT2D eigenvalue weighted by Crippen LogP contribution is 2.23. The fourth-order valence-electron chi connectivity index (χ4n) is 2.10. The molecule has 0 aliphatic carbocycles. The third-order valence-electron chi connectivity index (χ3n) is 3.30. The lowest BCUT2D eigenvalue weighted by molar-refractivity contribution is -0.123. The first-order chi connectivity index (χ1) is 10.5. The van der Waals surface area contributed by atoms with Crippen LogP contribution in [0.15, 0.2) is 30.3 Å². The molecule has 1 rings (SSSR count). The van der Waals surface area contributed by atoms with Crippen LogP contribution in [0, 0.1) is 17.2 Å². The number of nitriles is 1. The SMILES string of the molecule is CC(C)CNC(CCC(F)c1ccccc1)C(=O)NCC#N. The summed E-state index contributed by atoms with van der Waals surface area (Å²) in [7, 11) is 0. The van der Waals surface area contributed by atoms with E-state index in [0.717, 1.165) is 0 Å². The van der Waals surface area contributed by atoms with Gasteiger partial charge in [0, 0.05) is 0 Å². The monoisotopic (exact) mass is 305 g/mol. The van der Waals surface area contributed by atoms with Crippen LogP contribution in [0.2, 0.25) is 0 Å². The highest BCUT2D eigenvalue weighted by Gasteiger charge is 2.20. The van der Waals surface area contributed by atoms with Gasteiger partial charge in [0.25, 0.3) is 0 Å². The highest BCUT2D eigenvalue weighted by molar-refractivity contribution is 5.81. The number of halogens is 1. The summed E-state index contributed by atoms with van der Waals surface area (Å²) < 4.78 is 14.2. The van der Waals surface area contributed by atoms with E-state index >= 15 is 0 Å². The average molecular weight is 305 g/mol. The summed E-state index contributed by atoms with van der Waals surface area (Å²) in [5.74, 6) is 0.143. The normalized spacial score (nSPS) is 13.4. The molecule has 0 heterocycles. The topological polar surface area (TPSA) is 64.9 Å². The molecule has 0 radical (unpaired) electrons. The molecule has 0 spiro atoms. The number of alkyl halides is 1. The standard InChI is InChI=1S/C17H24FN3O/c1-13(2)12-21-16(17(22)20-11-10-19)9-8-15(18)14-6-4-3-5-7-14/h3-7,13,15-16,21H,8-9,11-12H2,1-2H3,(H,20,22). The second kappa shape index (κ2) is 9.91. The molecule has 2 atom stereocenters. The van der Waals surface area contributed by atoms with Crippen molar-refractivity contribution in [3.8, 4) is 6.07 Å². The fourth-order valence-corrected chi connectivity index (χ4v) is 2.10. The molecule has 0 fully saturated rings.